The Hall–Kier alpha value is -2.91. The number of carbonyl (C=O) groups excluding carboxylic acids is 1. The summed E-state index contributed by atoms with van der Waals surface area (Å²) in [5.74, 6) is 0.329. The number of nitrogens with zero attached hydrogens (tertiary/aromatic N) is 1. The fourth-order valence-corrected chi connectivity index (χ4v) is 4.82. The number of ether oxygens (including phenoxy) is 1. The van der Waals surface area contributed by atoms with Gasteiger partial charge in [0.25, 0.3) is 15.9 Å². The summed E-state index contributed by atoms with van der Waals surface area (Å²) >= 11 is 1.65. The van der Waals surface area contributed by atoms with Gasteiger partial charge in [-0.25, -0.2) is 13.4 Å². The molecular weight excluding hydrogens is 434 g/mol. The molecule has 1 heterocycles. The molecule has 0 fully saturated rings. The molecule has 1 aromatic heterocycles. The molecular formula is C22H25N3O4S2. The smallest absolute Gasteiger partial charge is 0.261 e. The predicted octanol–water partition coefficient (Wildman–Crippen LogP) is 4.01. The lowest BCUT2D eigenvalue weighted by atomic mass is 10.2. The molecule has 2 aromatic carbocycles. The lowest BCUT2D eigenvalue weighted by Crippen LogP contribution is -2.25. The van der Waals surface area contributed by atoms with Crippen LogP contribution in [0.3, 0.4) is 0 Å². The molecule has 31 heavy (non-hydrogen) atoms. The van der Waals surface area contributed by atoms with Gasteiger partial charge in [-0.15, -0.1) is 11.3 Å². The fraction of sp³-hybridized carbons (Fsp3) is 0.273. The maximum absolute atomic E-state index is 12.7. The lowest BCUT2D eigenvalue weighted by Gasteiger charge is -2.10. The number of nitrogens with one attached hydrogen (secondary N) is 2. The number of sulfonamides is 1. The molecule has 9 heteroatoms. The molecule has 0 aliphatic heterocycles. The van der Waals surface area contributed by atoms with E-state index in [1.165, 1.54) is 19.2 Å². The van der Waals surface area contributed by atoms with Gasteiger partial charge in [-0.05, 0) is 68.7 Å². The van der Waals surface area contributed by atoms with E-state index in [1.807, 2.05) is 12.3 Å². The lowest BCUT2D eigenvalue weighted by molar-refractivity contribution is 0.0953. The van der Waals surface area contributed by atoms with Gasteiger partial charge >= 0.3 is 0 Å². The average molecular weight is 460 g/mol. The van der Waals surface area contributed by atoms with Crippen LogP contribution in [0.5, 0.6) is 5.75 Å². The van der Waals surface area contributed by atoms with E-state index >= 15 is 0 Å². The van der Waals surface area contributed by atoms with Crippen molar-refractivity contribution in [1.29, 1.82) is 0 Å². The number of hydrogen-bond acceptors (Lipinski definition) is 6. The van der Waals surface area contributed by atoms with E-state index in [4.69, 9.17) is 4.74 Å². The van der Waals surface area contributed by atoms with Crippen LogP contribution in [0.2, 0.25) is 0 Å². The minimum atomic E-state index is -3.82. The van der Waals surface area contributed by atoms with Gasteiger partial charge in [0.1, 0.15) is 5.75 Å². The zero-order valence-corrected chi connectivity index (χ0v) is 19.1. The molecule has 0 saturated heterocycles. The Morgan fingerprint density at radius 3 is 2.58 bits per heavy atom. The fourth-order valence-electron chi connectivity index (χ4n) is 2.90. The molecule has 0 bridgehead atoms. The Morgan fingerprint density at radius 1 is 1.13 bits per heavy atom. The second kappa shape index (κ2) is 10.4. The summed E-state index contributed by atoms with van der Waals surface area (Å²) in [6, 6.07) is 12.5. The van der Waals surface area contributed by atoms with E-state index in [0.717, 1.165) is 30.0 Å². The highest BCUT2D eigenvalue weighted by Gasteiger charge is 2.16. The Bertz CT molecular complexity index is 1130. The van der Waals surface area contributed by atoms with Crippen molar-refractivity contribution in [1.82, 2.24) is 10.3 Å². The molecule has 0 spiro atoms. The van der Waals surface area contributed by atoms with Crippen molar-refractivity contribution in [2.75, 3.05) is 18.4 Å². The molecule has 2 N–H and O–H groups in total. The summed E-state index contributed by atoms with van der Waals surface area (Å²) in [4.78, 5) is 16.9. The van der Waals surface area contributed by atoms with E-state index in [-0.39, 0.29) is 10.8 Å². The Morgan fingerprint density at radius 2 is 1.90 bits per heavy atom. The third kappa shape index (κ3) is 6.53. The minimum absolute atomic E-state index is 0.0232. The van der Waals surface area contributed by atoms with Gasteiger partial charge in [0.2, 0.25) is 0 Å². The zero-order chi connectivity index (χ0) is 22.3. The quantitative estimate of drug-likeness (QED) is 0.447. The van der Waals surface area contributed by atoms with Crippen LogP contribution in [-0.2, 0) is 16.4 Å². The normalized spacial score (nSPS) is 11.2. The molecule has 0 radical (unpaired) electrons. The monoisotopic (exact) mass is 459 g/mol. The maximum atomic E-state index is 12.7. The molecule has 0 unspecified atom stereocenters. The molecule has 7 nitrogen and oxygen atoms in total. The third-order valence-corrected chi connectivity index (χ3v) is 6.92. The number of rotatable bonds is 10. The summed E-state index contributed by atoms with van der Waals surface area (Å²) in [5, 5.41) is 5.98. The topological polar surface area (TPSA) is 97.4 Å². The highest BCUT2D eigenvalue weighted by atomic mass is 32.2. The first kappa shape index (κ1) is 22.8. The standard InChI is InChI=1S/C22H25N3O4S2/c1-16-15-30-21(24-16)8-3-4-13-23-22(26)17-6-5-7-20(14-17)31(27,28)25-18-9-11-19(29-2)12-10-18/h5-7,9-12,14-15,25H,3-4,8,13H2,1-2H3,(H,23,26). The Labute approximate surface area is 186 Å². The van der Waals surface area contributed by atoms with Crippen LogP contribution >= 0.6 is 11.3 Å². The van der Waals surface area contributed by atoms with E-state index < -0.39 is 10.0 Å². The van der Waals surface area contributed by atoms with Crippen LogP contribution in [0.4, 0.5) is 5.69 Å². The largest absolute Gasteiger partial charge is 0.497 e. The van der Waals surface area contributed by atoms with E-state index in [9.17, 15) is 13.2 Å². The number of unbranched alkanes of at least 4 members (excludes halogenated alkanes) is 1. The highest BCUT2D eigenvalue weighted by molar-refractivity contribution is 7.92. The minimum Gasteiger partial charge on any atom is -0.497 e. The maximum Gasteiger partial charge on any atom is 0.261 e. The van der Waals surface area contributed by atoms with Crippen molar-refractivity contribution in [3.05, 3.63) is 70.2 Å². The molecule has 0 aliphatic carbocycles. The van der Waals surface area contributed by atoms with E-state index in [2.05, 4.69) is 15.0 Å². The van der Waals surface area contributed by atoms with Gasteiger partial charge in [-0.2, -0.15) is 0 Å². The van der Waals surface area contributed by atoms with Gasteiger partial charge in [-0.1, -0.05) is 6.07 Å². The summed E-state index contributed by atoms with van der Waals surface area (Å²) in [6.07, 6.45) is 2.63. The van der Waals surface area contributed by atoms with Crippen LogP contribution in [-0.4, -0.2) is 33.0 Å². The van der Waals surface area contributed by atoms with Crippen LogP contribution in [0, 0.1) is 6.92 Å². The van der Waals surface area contributed by atoms with Gasteiger partial charge in [0.15, 0.2) is 0 Å². The molecule has 0 saturated carbocycles. The van der Waals surface area contributed by atoms with Crippen molar-refractivity contribution >= 4 is 33.0 Å². The Balaban J connectivity index is 1.54. The SMILES string of the molecule is COc1ccc(NS(=O)(=O)c2cccc(C(=O)NCCCCc3nc(C)cs3)c2)cc1. The number of methoxy groups -OCH3 is 1. The summed E-state index contributed by atoms with van der Waals surface area (Å²) in [7, 11) is -2.28. The second-order valence-electron chi connectivity index (χ2n) is 6.96. The molecule has 0 atom stereocenters. The number of hydrogen-bond donors (Lipinski definition) is 2. The van der Waals surface area contributed by atoms with E-state index in [0.29, 0.717) is 23.5 Å². The summed E-state index contributed by atoms with van der Waals surface area (Å²) < 4.78 is 33.0. The van der Waals surface area contributed by atoms with Crippen molar-refractivity contribution in [2.45, 2.75) is 31.1 Å². The molecule has 1 amide bonds. The number of amides is 1. The molecule has 0 aliphatic rings. The number of carbonyl (C=O) groups is 1. The number of aryl methyl sites for hydroxylation is 2. The average Bonchev–Trinajstić information content (AvgIpc) is 3.18. The summed E-state index contributed by atoms with van der Waals surface area (Å²) in [5.41, 5.74) is 1.74. The molecule has 164 valence electrons. The van der Waals surface area contributed by atoms with Crippen molar-refractivity contribution in [3.63, 3.8) is 0 Å². The van der Waals surface area contributed by atoms with Crippen LogP contribution < -0.4 is 14.8 Å². The third-order valence-electron chi connectivity index (χ3n) is 4.52. The predicted molar refractivity (Wildman–Crippen MR) is 122 cm³/mol. The Kier molecular flexibility index (Phi) is 7.64. The number of benzene rings is 2. The number of thiazole rings is 1. The first-order chi connectivity index (χ1) is 14.9. The van der Waals surface area contributed by atoms with Crippen molar-refractivity contribution in [2.24, 2.45) is 0 Å². The number of aromatic nitrogens is 1. The van der Waals surface area contributed by atoms with Gasteiger partial charge < -0.3 is 10.1 Å². The van der Waals surface area contributed by atoms with Crippen molar-refractivity contribution in [3.8, 4) is 5.75 Å². The first-order valence-corrected chi connectivity index (χ1v) is 12.2. The summed E-state index contributed by atoms with van der Waals surface area (Å²) in [6.45, 7) is 2.49. The van der Waals surface area contributed by atoms with Gasteiger partial charge in [0.05, 0.1) is 17.0 Å². The number of anilines is 1. The van der Waals surface area contributed by atoms with Crippen molar-refractivity contribution < 1.29 is 17.9 Å². The van der Waals surface area contributed by atoms with Crippen LogP contribution in [0.1, 0.15) is 33.9 Å². The molecule has 3 aromatic rings. The second-order valence-corrected chi connectivity index (χ2v) is 9.58. The highest BCUT2D eigenvalue weighted by Crippen LogP contribution is 2.20. The zero-order valence-electron chi connectivity index (χ0n) is 17.4. The first-order valence-electron chi connectivity index (χ1n) is 9.83. The van der Waals surface area contributed by atoms with Crippen LogP contribution in [0.25, 0.3) is 0 Å². The van der Waals surface area contributed by atoms with Crippen LogP contribution in [0.15, 0.2) is 58.8 Å². The van der Waals surface area contributed by atoms with E-state index in [1.54, 1.807) is 47.7 Å². The van der Waals surface area contributed by atoms with Gasteiger partial charge in [-0.3, -0.25) is 9.52 Å². The van der Waals surface area contributed by atoms with Gasteiger partial charge in [0, 0.05) is 28.9 Å². The molecule has 3 rings (SSSR count).